The maximum atomic E-state index is 10.5. The van der Waals surface area contributed by atoms with Crippen molar-refractivity contribution >= 4 is 21.2 Å². The van der Waals surface area contributed by atoms with Crippen molar-refractivity contribution in [1.29, 1.82) is 0 Å². The Morgan fingerprint density at radius 3 is 2.31 bits per heavy atom. The van der Waals surface area contributed by atoms with Crippen molar-refractivity contribution in [1.82, 2.24) is 0 Å². The molecule has 16 heavy (non-hydrogen) atoms. The topological polar surface area (TPSA) is 66.4 Å². The zero-order chi connectivity index (χ0) is 10.9. The van der Waals surface area contributed by atoms with Crippen LogP contribution in [0.5, 0.6) is 5.75 Å². The Kier molecular flexibility index (Phi) is 4.35. The molecule has 0 unspecified atom stereocenters. The van der Waals surface area contributed by atoms with Crippen LogP contribution in [0.2, 0.25) is 0 Å². The van der Waals surface area contributed by atoms with Gasteiger partial charge in [-0.2, -0.15) is 0 Å². The van der Waals surface area contributed by atoms with Gasteiger partial charge >= 0.3 is 29.6 Å². The maximum absolute atomic E-state index is 10.5. The maximum Gasteiger partial charge on any atom is 1.00 e. The zero-order valence-electron chi connectivity index (χ0n) is 8.58. The SMILES string of the molecule is O=S(=O)([O-])Oc1cccc2ccccc12.[Na+]. The number of fused-ring (bicyclic) bond motifs is 1. The molecule has 4 nitrogen and oxygen atoms in total. The molecule has 2 rings (SSSR count). The van der Waals surface area contributed by atoms with E-state index < -0.39 is 10.4 Å². The second kappa shape index (κ2) is 5.16. The quantitative estimate of drug-likeness (QED) is 0.374. The third kappa shape index (κ3) is 3.20. The number of hydrogen-bond donors (Lipinski definition) is 0. The molecule has 0 radical (unpaired) electrons. The molecule has 0 saturated carbocycles. The summed E-state index contributed by atoms with van der Waals surface area (Å²) in [6, 6.07) is 11.9. The summed E-state index contributed by atoms with van der Waals surface area (Å²) in [5, 5.41) is 1.41. The first-order valence-electron chi connectivity index (χ1n) is 4.19. The third-order valence-electron chi connectivity index (χ3n) is 1.94. The van der Waals surface area contributed by atoms with Crippen LogP contribution in [0.25, 0.3) is 10.8 Å². The van der Waals surface area contributed by atoms with E-state index in [1.165, 1.54) is 6.07 Å². The Morgan fingerprint density at radius 2 is 1.62 bits per heavy atom. The van der Waals surface area contributed by atoms with Crippen molar-refractivity contribution in [2.75, 3.05) is 0 Å². The first-order chi connectivity index (χ1) is 7.06. The van der Waals surface area contributed by atoms with Gasteiger partial charge in [0.25, 0.3) is 10.4 Å². The van der Waals surface area contributed by atoms with Crippen molar-refractivity contribution in [2.24, 2.45) is 0 Å². The van der Waals surface area contributed by atoms with E-state index in [9.17, 15) is 13.0 Å². The Balaban J connectivity index is 0.00000128. The average molecular weight is 246 g/mol. The summed E-state index contributed by atoms with van der Waals surface area (Å²) in [6.07, 6.45) is 0. The van der Waals surface area contributed by atoms with Gasteiger partial charge in [0.1, 0.15) is 5.75 Å². The van der Waals surface area contributed by atoms with Crippen molar-refractivity contribution in [3.63, 3.8) is 0 Å². The third-order valence-corrected chi connectivity index (χ3v) is 2.33. The molecule has 0 amide bonds. The van der Waals surface area contributed by atoms with Crippen LogP contribution in [0.1, 0.15) is 0 Å². The molecule has 0 heterocycles. The zero-order valence-corrected chi connectivity index (χ0v) is 11.4. The van der Waals surface area contributed by atoms with E-state index in [0.717, 1.165) is 5.39 Å². The van der Waals surface area contributed by atoms with Crippen LogP contribution in [0.3, 0.4) is 0 Å². The second-order valence-corrected chi connectivity index (χ2v) is 3.95. The summed E-state index contributed by atoms with van der Waals surface area (Å²) in [4.78, 5) is 0. The van der Waals surface area contributed by atoms with E-state index in [-0.39, 0.29) is 35.3 Å². The number of benzene rings is 2. The predicted octanol–water partition coefficient (Wildman–Crippen LogP) is -1.32. The minimum Gasteiger partial charge on any atom is -0.716 e. The Bertz CT molecular complexity index is 589. The van der Waals surface area contributed by atoms with E-state index in [1.807, 2.05) is 6.07 Å². The van der Waals surface area contributed by atoms with Crippen LogP contribution in [-0.4, -0.2) is 13.0 Å². The van der Waals surface area contributed by atoms with Crippen LogP contribution < -0.4 is 33.7 Å². The molecule has 0 aliphatic rings. The molecule has 0 aliphatic carbocycles. The predicted molar refractivity (Wildman–Crippen MR) is 54.3 cm³/mol. The first kappa shape index (κ1) is 13.5. The summed E-state index contributed by atoms with van der Waals surface area (Å²) < 4.78 is 35.7. The minimum atomic E-state index is -4.72. The standard InChI is InChI=1S/C10H8O4S.Na/c11-15(12,13)14-10-7-3-5-8-4-1-2-6-9(8)10;/h1-7H,(H,11,12,13);/q;+1/p-1. The molecular weight excluding hydrogens is 239 g/mol. The molecule has 2 aromatic carbocycles. The molecule has 2 aromatic rings. The van der Waals surface area contributed by atoms with E-state index in [0.29, 0.717) is 5.39 Å². The summed E-state index contributed by atoms with van der Waals surface area (Å²) in [6.45, 7) is 0. The summed E-state index contributed by atoms with van der Waals surface area (Å²) >= 11 is 0. The number of hydrogen-bond acceptors (Lipinski definition) is 4. The molecule has 0 fully saturated rings. The van der Waals surface area contributed by atoms with Gasteiger partial charge in [0.15, 0.2) is 0 Å². The summed E-state index contributed by atoms with van der Waals surface area (Å²) in [7, 11) is -4.72. The monoisotopic (exact) mass is 246 g/mol. The second-order valence-electron chi connectivity index (χ2n) is 2.97. The van der Waals surface area contributed by atoms with Gasteiger partial charge in [0.2, 0.25) is 0 Å². The minimum absolute atomic E-state index is 0. The molecule has 6 heteroatoms. The van der Waals surface area contributed by atoms with Crippen molar-refractivity contribution in [3.8, 4) is 5.75 Å². The van der Waals surface area contributed by atoms with Gasteiger partial charge < -0.3 is 8.74 Å². The van der Waals surface area contributed by atoms with Gasteiger partial charge in [-0.15, -0.1) is 0 Å². The van der Waals surface area contributed by atoms with Gasteiger partial charge in [-0.25, -0.2) is 8.42 Å². The van der Waals surface area contributed by atoms with E-state index in [2.05, 4.69) is 4.18 Å². The van der Waals surface area contributed by atoms with Crippen LogP contribution in [0.4, 0.5) is 0 Å². The molecular formula is C10H7NaO4S. The first-order valence-corrected chi connectivity index (χ1v) is 5.53. The Labute approximate surface area is 115 Å². The molecule has 0 saturated heterocycles. The van der Waals surface area contributed by atoms with Crippen LogP contribution in [0.15, 0.2) is 42.5 Å². The van der Waals surface area contributed by atoms with Gasteiger partial charge in [0.05, 0.1) is 0 Å². The van der Waals surface area contributed by atoms with Crippen molar-refractivity contribution < 1.29 is 46.7 Å². The number of rotatable bonds is 2. The largest absolute Gasteiger partial charge is 1.00 e. The fourth-order valence-electron chi connectivity index (χ4n) is 1.38. The fraction of sp³-hybridized carbons (Fsp3) is 0. The smallest absolute Gasteiger partial charge is 0.716 e. The molecule has 0 aromatic heterocycles. The molecule has 0 aliphatic heterocycles. The van der Waals surface area contributed by atoms with Crippen molar-refractivity contribution in [3.05, 3.63) is 42.5 Å². The fourth-order valence-corrected chi connectivity index (χ4v) is 1.74. The normalized spacial score (nSPS) is 10.8. The Hall–Kier alpha value is -0.590. The van der Waals surface area contributed by atoms with E-state index in [4.69, 9.17) is 0 Å². The van der Waals surface area contributed by atoms with Gasteiger partial charge in [-0.1, -0.05) is 36.4 Å². The van der Waals surface area contributed by atoms with Gasteiger partial charge in [-0.3, -0.25) is 0 Å². The van der Waals surface area contributed by atoms with Crippen LogP contribution in [0, 0.1) is 0 Å². The molecule has 0 spiro atoms. The molecule has 78 valence electrons. The van der Waals surface area contributed by atoms with Crippen LogP contribution in [-0.2, 0) is 10.4 Å². The van der Waals surface area contributed by atoms with E-state index >= 15 is 0 Å². The molecule has 0 N–H and O–H groups in total. The summed E-state index contributed by atoms with van der Waals surface area (Å²) in [5.41, 5.74) is 0. The summed E-state index contributed by atoms with van der Waals surface area (Å²) in [5.74, 6) is 0.0584. The molecule has 0 bridgehead atoms. The van der Waals surface area contributed by atoms with Gasteiger partial charge in [0, 0.05) is 5.39 Å². The van der Waals surface area contributed by atoms with Gasteiger partial charge in [-0.05, 0) is 11.5 Å². The average Bonchev–Trinajstić information content (AvgIpc) is 2.16. The Morgan fingerprint density at radius 1 is 1.00 bits per heavy atom. The van der Waals surface area contributed by atoms with Crippen molar-refractivity contribution in [2.45, 2.75) is 0 Å². The van der Waals surface area contributed by atoms with E-state index in [1.54, 1.807) is 30.3 Å². The van der Waals surface area contributed by atoms with Crippen LogP contribution >= 0.6 is 0 Å². The molecule has 0 atom stereocenters.